The molecule has 1 atom stereocenters. The summed E-state index contributed by atoms with van der Waals surface area (Å²) < 4.78 is 16.7. The fourth-order valence-corrected chi connectivity index (χ4v) is 5.23. The third-order valence-electron chi connectivity index (χ3n) is 7.42. The number of nitrogens with zero attached hydrogens (tertiary/aromatic N) is 3. The highest BCUT2D eigenvalue weighted by Gasteiger charge is 2.37. The SMILES string of the molecule is O=C(c1ccccc1)c1cccc(-c2ccc(-n3c(CC4CCN(C(=O)C5CC5)C4)n[nH]c3=O)c(F)c2)c1. The second-order valence-corrected chi connectivity index (χ2v) is 10.1. The van der Waals surface area contributed by atoms with Gasteiger partial charge >= 0.3 is 5.69 Å². The molecule has 4 aromatic rings. The quantitative estimate of drug-likeness (QED) is 0.374. The molecule has 6 rings (SSSR count). The van der Waals surface area contributed by atoms with Crippen molar-refractivity contribution in [1.82, 2.24) is 19.7 Å². The topological polar surface area (TPSA) is 88.1 Å². The molecule has 1 saturated carbocycles. The fraction of sp³-hybridized carbons (Fsp3) is 0.267. The molecule has 38 heavy (non-hydrogen) atoms. The molecule has 1 N–H and O–H groups in total. The first-order chi connectivity index (χ1) is 18.5. The number of ketones is 1. The predicted octanol–water partition coefficient (Wildman–Crippen LogP) is 4.40. The van der Waals surface area contributed by atoms with Crippen LogP contribution in [0.25, 0.3) is 16.8 Å². The molecule has 0 radical (unpaired) electrons. The van der Waals surface area contributed by atoms with E-state index in [0.29, 0.717) is 47.6 Å². The zero-order valence-electron chi connectivity index (χ0n) is 20.8. The Balaban J connectivity index is 1.23. The van der Waals surface area contributed by atoms with E-state index in [0.717, 1.165) is 19.3 Å². The minimum atomic E-state index is -0.566. The van der Waals surface area contributed by atoms with Crippen LogP contribution in [0.1, 0.15) is 41.0 Å². The molecular weight excluding hydrogens is 483 g/mol. The highest BCUT2D eigenvalue weighted by Crippen LogP contribution is 2.33. The van der Waals surface area contributed by atoms with Crippen LogP contribution in [0.3, 0.4) is 0 Å². The van der Waals surface area contributed by atoms with Gasteiger partial charge in [-0.15, -0.1) is 0 Å². The second kappa shape index (κ2) is 9.85. The third kappa shape index (κ3) is 4.69. The average molecular weight is 511 g/mol. The van der Waals surface area contributed by atoms with Crippen LogP contribution < -0.4 is 5.69 Å². The minimum absolute atomic E-state index is 0.108. The van der Waals surface area contributed by atoms with E-state index in [9.17, 15) is 14.4 Å². The summed E-state index contributed by atoms with van der Waals surface area (Å²) in [6.07, 6.45) is 3.25. The summed E-state index contributed by atoms with van der Waals surface area (Å²) in [5.41, 5.74) is 1.99. The van der Waals surface area contributed by atoms with Crippen molar-refractivity contribution in [2.75, 3.05) is 13.1 Å². The molecule has 1 saturated heterocycles. The van der Waals surface area contributed by atoms with Crippen LogP contribution in [0.4, 0.5) is 4.39 Å². The lowest BCUT2D eigenvalue weighted by Crippen LogP contribution is -2.30. The van der Waals surface area contributed by atoms with Crippen LogP contribution in [0.5, 0.6) is 0 Å². The smallest absolute Gasteiger partial charge is 0.342 e. The Hall–Kier alpha value is -4.33. The van der Waals surface area contributed by atoms with Gasteiger partial charge in [0.05, 0.1) is 5.69 Å². The zero-order valence-corrected chi connectivity index (χ0v) is 20.8. The second-order valence-electron chi connectivity index (χ2n) is 10.1. The van der Waals surface area contributed by atoms with Gasteiger partial charge in [-0.1, -0.05) is 54.6 Å². The van der Waals surface area contributed by atoms with Crippen molar-refractivity contribution in [1.29, 1.82) is 0 Å². The number of aromatic nitrogens is 3. The van der Waals surface area contributed by atoms with E-state index in [2.05, 4.69) is 10.2 Å². The van der Waals surface area contributed by atoms with Gasteiger partial charge in [0, 0.05) is 36.6 Å². The maximum Gasteiger partial charge on any atom is 0.348 e. The van der Waals surface area contributed by atoms with Crippen LogP contribution in [-0.2, 0) is 11.2 Å². The number of hydrogen-bond donors (Lipinski definition) is 1. The van der Waals surface area contributed by atoms with Gasteiger partial charge in [0.25, 0.3) is 0 Å². The van der Waals surface area contributed by atoms with Gasteiger partial charge in [0.2, 0.25) is 5.91 Å². The molecule has 1 unspecified atom stereocenters. The Morgan fingerprint density at radius 3 is 2.45 bits per heavy atom. The molecule has 2 aliphatic rings. The molecule has 2 fully saturated rings. The molecule has 192 valence electrons. The van der Waals surface area contributed by atoms with E-state index in [1.165, 1.54) is 10.6 Å². The zero-order chi connectivity index (χ0) is 26.2. The molecule has 3 aromatic carbocycles. The fourth-order valence-electron chi connectivity index (χ4n) is 5.23. The van der Waals surface area contributed by atoms with Crippen molar-refractivity contribution >= 4 is 11.7 Å². The molecule has 1 aliphatic heterocycles. The van der Waals surface area contributed by atoms with E-state index in [-0.39, 0.29) is 29.2 Å². The number of likely N-dealkylation sites (tertiary alicyclic amines) is 1. The first-order valence-electron chi connectivity index (χ1n) is 12.9. The van der Waals surface area contributed by atoms with Crippen molar-refractivity contribution in [3.63, 3.8) is 0 Å². The van der Waals surface area contributed by atoms with Gasteiger partial charge < -0.3 is 4.90 Å². The Labute approximate surface area is 218 Å². The summed E-state index contributed by atoms with van der Waals surface area (Å²) in [5, 5.41) is 6.63. The molecule has 7 nitrogen and oxygen atoms in total. The van der Waals surface area contributed by atoms with Crippen molar-refractivity contribution in [2.45, 2.75) is 25.7 Å². The highest BCUT2D eigenvalue weighted by atomic mass is 19.1. The highest BCUT2D eigenvalue weighted by molar-refractivity contribution is 6.09. The van der Waals surface area contributed by atoms with Gasteiger partial charge in [-0.2, -0.15) is 5.10 Å². The van der Waals surface area contributed by atoms with Crippen molar-refractivity contribution in [2.24, 2.45) is 11.8 Å². The standard InChI is InChI=1S/C30H27FN4O3/c31-25-17-23(22-7-4-8-24(16-22)28(36)20-5-2-1-3-6-20)11-12-26(25)35-27(32-33-30(35)38)15-19-13-14-34(18-19)29(37)21-9-10-21/h1-8,11-12,16-17,19,21H,9-10,13-15,18H2,(H,33,38). The van der Waals surface area contributed by atoms with Crippen LogP contribution in [0, 0.1) is 17.7 Å². The van der Waals surface area contributed by atoms with Crippen LogP contribution in [-0.4, -0.2) is 44.4 Å². The summed E-state index contributed by atoms with van der Waals surface area (Å²) in [5.74, 6) is 0.347. The van der Waals surface area contributed by atoms with Crippen molar-refractivity contribution in [3.8, 4) is 16.8 Å². The molecule has 1 aliphatic carbocycles. The monoisotopic (exact) mass is 510 g/mol. The summed E-state index contributed by atoms with van der Waals surface area (Å²) in [4.78, 5) is 39.8. The lowest BCUT2D eigenvalue weighted by molar-refractivity contribution is -0.131. The predicted molar refractivity (Wildman–Crippen MR) is 141 cm³/mol. The van der Waals surface area contributed by atoms with Gasteiger partial charge in [-0.3, -0.25) is 9.59 Å². The maximum absolute atomic E-state index is 15.4. The Morgan fingerprint density at radius 1 is 0.921 bits per heavy atom. The Bertz CT molecular complexity index is 1570. The van der Waals surface area contributed by atoms with Crippen LogP contribution in [0.2, 0.25) is 0 Å². The Kier molecular flexibility index (Phi) is 6.23. The number of carbonyl (C=O) groups excluding carboxylic acids is 2. The lowest BCUT2D eigenvalue weighted by Gasteiger charge is -2.16. The first-order valence-corrected chi connectivity index (χ1v) is 12.9. The van der Waals surface area contributed by atoms with Crippen molar-refractivity contribution in [3.05, 3.63) is 106 Å². The first kappa shape index (κ1) is 24.0. The van der Waals surface area contributed by atoms with E-state index in [1.54, 1.807) is 42.5 Å². The number of amides is 1. The summed E-state index contributed by atoms with van der Waals surface area (Å²) in [7, 11) is 0. The van der Waals surface area contributed by atoms with Gasteiger partial charge in [-0.05, 0) is 54.5 Å². The molecule has 0 bridgehead atoms. The third-order valence-corrected chi connectivity index (χ3v) is 7.42. The van der Waals surface area contributed by atoms with E-state index in [4.69, 9.17) is 0 Å². The van der Waals surface area contributed by atoms with Gasteiger partial charge in [-0.25, -0.2) is 18.9 Å². The number of carbonyl (C=O) groups is 2. The number of hydrogen-bond acceptors (Lipinski definition) is 4. The molecule has 2 heterocycles. The maximum atomic E-state index is 15.4. The normalized spacial score (nSPS) is 17.1. The lowest BCUT2D eigenvalue weighted by atomic mass is 9.98. The summed E-state index contributed by atoms with van der Waals surface area (Å²) >= 11 is 0. The number of rotatable bonds is 7. The summed E-state index contributed by atoms with van der Waals surface area (Å²) in [6, 6.07) is 20.8. The van der Waals surface area contributed by atoms with E-state index >= 15 is 4.39 Å². The largest absolute Gasteiger partial charge is 0.348 e. The molecule has 8 heteroatoms. The summed E-state index contributed by atoms with van der Waals surface area (Å²) in [6.45, 7) is 1.35. The Morgan fingerprint density at radius 2 is 1.68 bits per heavy atom. The minimum Gasteiger partial charge on any atom is -0.342 e. The molecular formula is C30H27FN4O3. The van der Waals surface area contributed by atoms with Crippen molar-refractivity contribution < 1.29 is 14.0 Å². The number of halogens is 1. The van der Waals surface area contributed by atoms with Crippen LogP contribution in [0.15, 0.2) is 77.6 Å². The number of aromatic amines is 1. The van der Waals surface area contributed by atoms with Crippen LogP contribution >= 0.6 is 0 Å². The molecule has 0 spiro atoms. The van der Waals surface area contributed by atoms with E-state index in [1.807, 2.05) is 29.2 Å². The van der Waals surface area contributed by atoms with Gasteiger partial charge in [0.15, 0.2) is 5.78 Å². The molecule has 1 aromatic heterocycles. The van der Waals surface area contributed by atoms with Gasteiger partial charge in [0.1, 0.15) is 11.6 Å². The molecule has 1 amide bonds. The number of H-pyrrole nitrogens is 1. The average Bonchev–Trinajstić information content (AvgIpc) is 3.60. The number of benzene rings is 3. The van der Waals surface area contributed by atoms with E-state index < -0.39 is 11.5 Å². The number of nitrogens with one attached hydrogen (secondary N) is 1.